The molecule has 2 heterocycles. The molecule has 3 N–H and O–H groups in total. The molecule has 0 bridgehead atoms. The number of aromatic carboxylic acids is 1. The fourth-order valence-electron chi connectivity index (χ4n) is 2.47. The highest BCUT2D eigenvalue weighted by Gasteiger charge is 2.24. The molecular formula is C13H13ClN4O2. The number of anilines is 2. The van der Waals surface area contributed by atoms with Gasteiger partial charge in [-0.2, -0.15) is 0 Å². The molecule has 1 aliphatic rings. The van der Waals surface area contributed by atoms with Crippen LogP contribution < -0.4 is 10.6 Å². The highest BCUT2D eigenvalue weighted by Crippen LogP contribution is 2.34. The van der Waals surface area contributed by atoms with Crippen molar-refractivity contribution in [3.8, 4) is 0 Å². The van der Waals surface area contributed by atoms with E-state index in [4.69, 9.17) is 17.3 Å². The number of imidazole rings is 1. The lowest BCUT2D eigenvalue weighted by molar-refractivity contribution is 0.0697. The topological polar surface area (TPSA) is 84.4 Å². The number of nitrogen functional groups attached to an aromatic ring is 1. The van der Waals surface area contributed by atoms with Crippen LogP contribution >= 0.6 is 11.6 Å². The number of fused-ring (bicyclic) bond motifs is 1. The lowest BCUT2D eigenvalue weighted by atomic mass is 10.1. The van der Waals surface area contributed by atoms with Crippen molar-refractivity contribution in [2.24, 2.45) is 0 Å². The molecule has 0 saturated carbocycles. The Morgan fingerprint density at radius 2 is 2.20 bits per heavy atom. The monoisotopic (exact) mass is 292 g/mol. The second kappa shape index (κ2) is 4.72. The summed E-state index contributed by atoms with van der Waals surface area (Å²) in [7, 11) is 0. The minimum atomic E-state index is -1.04. The summed E-state index contributed by atoms with van der Waals surface area (Å²) >= 11 is 6.20. The van der Waals surface area contributed by atoms with E-state index in [1.54, 1.807) is 12.3 Å². The third-order valence-electron chi connectivity index (χ3n) is 3.38. The predicted molar refractivity (Wildman–Crippen MR) is 76.1 cm³/mol. The first-order chi connectivity index (χ1) is 9.56. The lowest BCUT2D eigenvalue weighted by Gasteiger charge is -2.31. The molecule has 6 nitrogen and oxygen atoms in total. The highest BCUT2D eigenvalue weighted by atomic mass is 35.5. The Balaban J connectivity index is 2.05. The Morgan fingerprint density at radius 3 is 2.95 bits per heavy atom. The highest BCUT2D eigenvalue weighted by molar-refractivity contribution is 6.34. The van der Waals surface area contributed by atoms with Crippen LogP contribution in [0.3, 0.4) is 0 Å². The van der Waals surface area contributed by atoms with Gasteiger partial charge in [-0.05, 0) is 12.1 Å². The number of aromatic nitrogens is 2. The van der Waals surface area contributed by atoms with Crippen molar-refractivity contribution in [3.63, 3.8) is 0 Å². The van der Waals surface area contributed by atoms with E-state index in [0.29, 0.717) is 29.5 Å². The first-order valence-electron chi connectivity index (χ1n) is 6.13. The summed E-state index contributed by atoms with van der Waals surface area (Å²) in [6.07, 6.45) is 3.65. The maximum Gasteiger partial charge on any atom is 0.337 e. The Hall–Kier alpha value is -2.21. The summed E-state index contributed by atoms with van der Waals surface area (Å²) in [5, 5.41) is 9.69. The molecule has 0 radical (unpaired) electrons. The van der Waals surface area contributed by atoms with Crippen molar-refractivity contribution in [1.82, 2.24) is 9.55 Å². The molecule has 0 fully saturated rings. The average Bonchev–Trinajstić information content (AvgIpc) is 2.84. The van der Waals surface area contributed by atoms with Crippen molar-refractivity contribution in [2.75, 3.05) is 17.2 Å². The van der Waals surface area contributed by atoms with Crippen LogP contribution in [0.4, 0.5) is 11.4 Å². The van der Waals surface area contributed by atoms with Gasteiger partial charge in [0.05, 0.1) is 22.8 Å². The normalized spacial score (nSPS) is 14.2. The average molecular weight is 293 g/mol. The summed E-state index contributed by atoms with van der Waals surface area (Å²) in [6.45, 7) is 1.94. The van der Waals surface area contributed by atoms with Gasteiger partial charge in [-0.1, -0.05) is 11.6 Å². The smallest absolute Gasteiger partial charge is 0.337 e. The number of halogens is 1. The van der Waals surface area contributed by atoms with E-state index in [-0.39, 0.29) is 5.56 Å². The molecule has 1 aliphatic heterocycles. The number of carbonyl (C=O) groups is 1. The summed E-state index contributed by atoms with van der Waals surface area (Å²) in [5.74, 6) is -0.149. The van der Waals surface area contributed by atoms with E-state index >= 15 is 0 Å². The molecule has 0 saturated heterocycles. The van der Waals surface area contributed by atoms with Crippen LogP contribution in [0, 0.1) is 0 Å². The number of carboxylic acid groups (broad SMARTS) is 1. The summed E-state index contributed by atoms with van der Waals surface area (Å²) in [6, 6.07) is 3.01. The molecule has 0 unspecified atom stereocenters. The van der Waals surface area contributed by atoms with E-state index in [1.807, 2.05) is 15.7 Å². The van der Waals surface area contributed by atoms with Crippen molar-refractivity contribution >= 4 is 28.9 Å². The number of nitrogens with two attached hydrogens (primary N) is 1. The number of hydrogen-bond donors (Lipinski definition) is 2. The van der Waals surface area contributed by atoms with E-state index in [0.717, 1.165) is 12.4 Å². The first kappa shape index (κ1) is 12.8. The third kappa shape index (κ3) is 2.08. The van der Waals surface area contributed by atoms with E-state index in [2.05, 4.69) is 4.98 Å². The summed E-state index contributed by atoms with van der Waals surface area (Å²) in [5.41, 5.74) is 6.64. The zero-order valence-electron chi connectivity index (χ0n) is 10.6. The zero-order chi connectivity index (χ0) is 14.3. The lowest BCUT2D eigenvalue weighted by Crippen LogP contribution is -2.34. The molecule has 0 atom stereocenters. The fraction of sp³-hybridized carbons (Fsp3) is 0.231. The molecule has 0 amide bonds. The van der Waals surface area contributed by atoms with E-state index < -0.39 is 5.97 Å². The van der Waals surface area contributed by atoms with Crippen LogP contribution in [-0.4, -0.2) is 27.2 Å². The number of hydrogen-bond acceptors (Lipinski definition) is 4. The van der Waals surface area contributed by atoms with Crippen LogP contribution in [0.25, 0.3) is 0 Å². The quantitative estimate of drug-likeness (QED) is 0.825. The number of rotatable bonds is 2. The molecule has 20 heavy (non-hydrogen) atoms. The van der Waals surface area contributed by atoms with Gasteiger partial charge in [0.15, 0.2) is 0 Å². The van der Waals surface area contributed by atoms with Gasteiger partial charge < -0.3 is 20.3 Å². The van der Waals surface area contributed by atoms with Crippen LogP contribution in [0.5, 0.6) is 0 Å². The Labute approximate surface area is 120 Å². The standard InChI is InChI=1S/C13H13ClN4O2/c14-10-6-8(15)5-9(13(19)20)12(10)18-4-3-17-2-1-16-11(17)7-18/h1-2,5-6H,3-4,7,15H2,(H,19,20). The van der Waals surface area contributed by atoms with Gasteiger partial charge in [0, 0.05) is 31.2 Å². The van der Waals surface area contributed by atoms with Crippen molar-refractivity contribution in [3.05, 3.63) is 40.9 Å². The third-order valence-corrected chi connectivity index (χ3v) is 3.67. The van der Waals surface area contributed by atoms with Crippen LogP contribution in [-0.2, 0) is 13.1 Å². The molecule has 2 aromatic rings. The maximum absolute atomic E-state index is 11.4. The molecule has 3 rings (SSSR count). The van der Waals surface area contributed by atoms with Crippen LogP contribution in [0.1, 0.15) is 16.2 Å². The molecule has 7 heteroatoms. The minimum absolute atomic E-state index is 0.120. The largest absolute Gasteiger partial charge is 0.478 e. The van der Waals surface area contributed by atoms with Gasteiger partial charge in [-0.25, -0.2) is 9.78 Å². The van der Waals surface area contributed by atoms with Gasteiger partial charge in [-0.3, -0.25) is 0 Å². The molecule has 1 aromatic heterocycles. The Kier molecular flexibility index (Phi) is 3.02. The first-order valence-corrected chi connectivity index (χ1v) is 6.51. The van der Waals surface area contributed by atoms with Gasteiger partial charge in [0.1, 0.15) is 5.82 Å². The molecule has 104 valence electrons. The fourth-order valence-corrected chi connectivity index (χ4v) is 2.82. The van der Waals surface area contributed by atoms with E-state index in [9.17, 15) is 9.90 Å². The van der Waals surface area contributed by atoms with Crippen molar-refractivity contribution in [2.45, 2.75) is 13.1 Å². The summed E-state index contributed by atoms with van der Waals surface area (Å²) in [4.78, 5) is 17.6. The SMILES string of the molecule is Nc1cc(Cl)c(N2CCn3ccnc3C2)c(C(=O)O)c1. The molecule has 0 aliphatic carbocycles. The Morgan fingerprint density at radius 1 is 1.40 bits per heavy atom. The second-order valence-corrected chi connectivity index (χ2v) is 5.07. The maximum atomic E-state index is 11.4. The van der Waals surface area contributed by atoms with Gasteiger partial charge in [0.25, 0.3) is 0 Å². The number of carboxylic acids is 1. The van der Waals surface area contributed by atoms with Crippen LogP contribution in [0.2, 0.25) is 5.02 Å². The van der Waals surface area contributed by atoms with Crippen molar-refractivity contribution in [1.29, 1.82) is 0 Å². The summed E-state index contributed by atoms with van der Waals surface area (Å²) < 4.78 is 2.04. The van der Waals surface area contributed by atoms with Gasteiger partial charge in [0.2, 0.25) is 0 Å². The van der Waals surface area contributed by atoms with Crippen LogP contribution in [0.15, 0.2) is 24.5 Å². The zero-order valence-corrected chi connectivity index (χ0v) is 11.3. The van der Waals surface area contributed by atoms with E-state index in [1.165, 1.54) is 6.07 Å². The van der Waals surface area contributed by atoms with Gasteiger partial charge >= 0.3 is 5.97 Å². The minimum Gasteiger partial charge on any atom is -0.478 e. The number of nitrogens with zero attached hydrogens (tertiary/aromatic N) is 3. The molecule has 0 spiro atoms. The second-order valence-electron chi connectivity index (χ2n) is 4.66. The molecular weight excluding hydrogens is 280 g/mol. The van der Waals surface area contributed by atoms with Crippen molar-refractivity contribution < 1.29 is 9.90 Å². The number of benzene rings is 1. The Bertz CT molecular complexity index is 683. The van der Waals surface area contributed by atoms with Gasteiger partial charge in [-0.15, -0.1) is 0 Å². The molecule has 1 aromatic carbocycles. The predicted octanol–water partition coefficient (Wildman–Crippen LogP) is 1.84.